The van der Waals surface area contributed by atoms with E-state index in [9.17, 15) is 9.90 Å². The first kappa shape index (κ1) is 21.1. The molecule has 1 aliphatic carbocycles. The minimum Gasteiger partial charge on any atom is -0.459 e. The SMILES string of the molecule is CC(C)(C)[Si](C)(C)OC1CCC(C(O)C(=O)OCc2ccccc2)CC1. The molecule has 1 saturated carbocycles. The molecule has 0 amide bonds. The Labute approximate surface area is 159 Å². The Balaban J connectivity index is 1.78. The second-order valence-electron chi connectivity index (χ2n) is 8.95. The van der Waals surface area contributed by atoms with Crippen molar-refractivity contribution < 1.29 is 19.1 Å². The fourth-order valence-electron chi connectivity index (χ4n) is 3.12. The fourth-order valence-corrected chi connectivity index (χ4v) is 4.54. The van der Waals surface area contributed by atoms with Crippen LogP contribution in [0.3, 0.4) is 0 Å². The van der Waals surface area contributed by atoms with E-state index >= 15 is 0 Å². The summed E-state index contributed by atoms with van der Waals surface area (Å²) in [6, 6.07) is 9.54. The molecule has 1 aromatic carbocycles. The Morgan fingerprint density at radius 2 is 1.73 bits per heavy atom. The van der Waals surface area contributed by atoms with Gasteiger partial charge in [-0.05, 0) is 55.3 Å². The number of hydrogen-bond acceptors (Lipinski definition) is 4. The molecule has 0 aromatic heterocycles. The van der Waals surface area contributed by atoms with Crippen LogP contribution in [0.15, 0.2) is 30.3 Å². The molecule has 0 aliphatic heterocycles. The molecule has 0 radical (unpaired) electrons. The fraction of sp³-hybridized carbons (Fsp3) is 0.667. The van der Waals surface area contributed by atoms with Gasteiger partial charge in [0.25, 0.3) is 0 Å². The van der Waals surface area contributed by atoms with Crippen LogP contribution >= 0.6 is 0 Å². The minimum atomic E-state index is -1.77. The Kier molecular flexibility index (Phi) is 7.05. The topological polar surface area (TPSA) is 55.8 Å². The average Bonchev–Trinajstić information content (AvgIpc) is 2.59. The van der Waals surface area contributed by atoms with E-state index in [1.165, 1.54) is 0 Å². The quantitative estimate of drug-likeness (QED) is 0.577. The predicted octanol–water partition coefficient (Wildman–Crippen LogP) is 4.67. The molecule has 2 rings (SSSR count). The molecule has 1 fully saturated rings. The number of benzene rings is 1. The Morgan fingerprint density at radius 1 is 1.15 bits per heavy atom. The van der Waals surface area contributed by atoms with Gasteiger partial charge in [-0.1, -0.05) is 51.1 Å². The van der Waals surface area contributed by atoms with E-state index in [0.29, 0.717) is 0 Å². The van der Waals surface area contributed by atoms with Gasteiger partial charge in [0.15, 0.2) is 14.4 Å². The monoisotopic (exact) mass is 378 g/mol. The summed E-state index contributed by atoms with van der Waals surface area (Å²) in [6.07, 6.45) is 2.63. The summed E-state index contributed by atoms with van der Waals surface area (Å²) in [6.45, 7) is 11.5. The van der Waals surface area contributed by atoms with Gasteiger partial charge >= 0.3 is 5.97 Å². The van der Waals surface area contributed by atoms with Gasteiger partial charge in [-0.2, -0.15) is 0 Å². The molecule has 4 nitrogen and oxygen atoms in total. The molecule has 0 heterocycles. The third-order valence-corrected chi connectivity index (χ3v) is 10.4. The van der Waals surface area contributed by atoms with Crippen LogP contribution in [-0.4, -0.2) is 31.6 Å². The average molecular weight is 379 g/mol. The van der Waals surface area contributed by atoms with Crippen LogP contribution in [0.2, 0.25) is 18.1 Å². The normalized spacial score (nSPS) is 22.7. The Morgan fingerprint density at radius 3 is 2.27 bits per heavy atom. The molecular formula is C21H34O4Si. The number of ether oxygens (including phenoxy) is 1. The largest absolute Gasteiger partial charge is 0.459 e. The van der Waals surface area contributed by atoms with Gasteiger partial charge in [-0.15, -0.1) is 0 Å². The molecule has 1 atom stereocenters. The van der Waals surface area contributed by atoms with E-state index in [1.54, 1.807) is 0 Å². The molecule has 1 aromatic rings. The van der Waals surface area contributed by atoms with E-state index in [0.717, 1.165) is 31.2 Å². The van der Waals surface area contributed by atoms with Crippen molar-refractivity contribution in [2.24, 2.45) is 5.92 Å². The molecule has 0 saturated heterocycles. The highest BCUT2D eigenvalue weighted by molar-refractivity contribution is 6.74. The number of aliphatic hydroxyl groups excluding tert-OH is 1. The molecule has 1 N–H and O–H groups in total. The number of esters is 1. The lowest BCUT2D eigenvalue weighted by atomic mass is 9.84. The van der Waals surface area contributed by atoms with Crippen LogP contribution in [-0.2, 0) is 20.6 Å². The number of carbonyl (C=O) groups excluding carboxylic acids is 1. The molecule has 0 bridgehead atoms. The summed E-state index contributed by atoms with van der Waals surface area (Å²) >= 11 is 0. The molecule has 1 aliphatic rings. The van der Waals surface area contributed by atoms with Gasteiger partial charge in [-0.3, -0.25) is 0 Å². The second-order valence-corrected chi connectivity index (χ2v) is 13.7. The lowest BCUT2D eigenvalue weighted by Crippen LogP contribution is -2.45. The van der Waals surface area contributed by atoms with Gasteiger partial charge in [0.05, 0.1) is 0 Å². The van der Waals surface area contributed by atoms with Crippen LogP contribution in [0.1, 0.15) is 52.0 Å². The number of rotatable bonds is 6. The standard InChI is InChI=1S/C21H34O4Si/c1-21(2,3)26(4,5)25-18-13-11-17(12-14-18)19(22)20(23)24-15-16-9-7-6-8-10-16/h6-10,17-19,22H,11-15H2,1-5H3. The summed E-state index contributed by atoms with van der Waals surface area (Å²) in [5, 5.41) is 10.6. The zero-order valence-electron chi connectivity index (χ0n) is 16.8. The zero-order valence-corrected chi connectivity index (χ0v) is 17.8. The van der Waals surface area contributed by atoms with Crippen molar-refractivity contribution in [2.75, 3.05) is 0 Å². The molecule has 146 valence electrons. The molecule has 0 spiro atoms. The second kappa shape index (κ2) is 8.68. The first-order chi connectivity index (χ1) is 12.1. The maximum Gasteiger partial charge on any atom is 0.335 e. The first-order valence-electron chi connectivity index (χ1n) is 9.66. The number of hydrogen-bond donors (Lipinski definition) is 1. The number of carbonyl (C=O) groups is 1. The summed E-state index contributed by atoms with van der Waals surface area (Å²) in [4.78, 5) is 12.2. The highest BCUT2D eigenvalue weighted by atomic mass is 28.4. The summed E-state index contributed by atoms with van der Waals surface area (Å²) in [7, 11) is -1.77. The minimum absolute atomic E-state index is 0.0301. The van der Waals surface area contributed by atoms with Gasteiger partial charge in [-0.25, -0.2) is 4.79 Å². The summed E-state index contributed by atoms with van der Waals surface area (Å²) in [5.74, 6) is -0.542. The van der Waals surface area contributed by atoms with Gasteiger partial charge in [0.2, 0.25) is 0 Å². The van der Waals surface area contributed by atoms with E-state index in [4.69, 9.17) is 9.16 Å². The van der Waals surface area contributed by atoms with Crippen molar-refractivity contribution in [2.45, 2.75) is 83.4 Å². The summed E-state index contributed by atoms with van der Waals surface area (Å²) < 4.78 is 11.8. The Bertz CT molecular complexity index is 571. The van der Waals surface area contributed by atoms with Crippen molar-refractivity contribution in [3.8, 4) is 0 Å². The Hall–Kier alpha value is -1.17. The van der Waals surface area contributed by atoms with Crippen LogP contribution in [0.4, 0.5) is 0 Å². The first-order valence-corrected chi connectivity index (χ1v) is 12.6. The van der Waals surface area contributed by atoms with Gasteiger partial charge in [0, 0.05) is 6.10 Å². The van der Waals surface area contributed by atoms with Crippen molar-refractivity contribution in [3.05, 3.63) is 35.9 Å². The van der Waals surface area contributed by atoms with Crippen LogP contribution in [0.25, 0.3) is 0 Å². The van der Waals surface area contributed by atoms with E-state index in [2.05, 4.69) is 33.9 Å². The molecule has 26 heavy (non-hydrogen) atoms. The highest BCUT2D eigenvalue weighted by Crippen LogP contribution is 2.40. The van der Waals surface area contributed by atoms with Crippen LogP contribution in [0.5, 0.6) is 0 Å². The van der Waals surface area contributed by atoms with Gasteiger partial charge < -0.3 is 14.3 Å². The molecule has 1 unspecified atom stereocenters. The van der Waals surface area contributed by atoms with E-state index in [-0.39, 0.29) is 23.7 Å². The van der Waals surface area contributed by atoms with Crippen LogP contribution in [0, 0.1) is 5.92 Å². The highest BCUT2D eigenvalue weighted by Gasteiger charge is 2.40. The zero-order chi connectivity index (χ0) is 19.4. The summed E-state index contributed by atoms with van der Waals surface area (Å²) in [5.41, 5.74) is 0.930. The van der Waals surface area contributed by atoms with E-state index < -0.39 is 20.4 Å². The lowest BCUT2D eigenvalue weighted by molar-refractivity contribution is -0.159. The molecular weight excluding hydrogens is 344 g/mol. The number of aliphatic hydroxyl groups is 1. The molecule has 5 heteroatoms. The van der Waals surface area contributed by atoms with Crippen molar-refractivity contribution >= 4 is 14.3 Å². The maximum atomic E-state index is 12.2. The van der Waals surface area contributed by atoms with Crippen molar-refractivity contribution in [1.29, 1.82) is 0 Å². The predicted molar refractivity (Wildman–Crippen MR) is 106 cm³/mol. The van der Waals surface area contributed by atoms with Crippen molar-refractivity contribution in [3.63, 3.8) is 0 Å². The van der Waals surface area contributed by atoms with Crippen molar-refractivity contribution in [1.82, 2.24) is 0 Å². The van der Waals surface area contributed by atoms with Gasteiger partial charge in [0.1, 0.15) is 6.61 Å². The smallest absolute Gasteiger partial charge is 0.335 e. The van der Waals surface area contributed by atoms with E-state index in [1.807, 2.05) is 30.3 Å². The maximum absolute atomic E-state index is 12.2. The third kappa shape index (κ3) is 5.66. The van der Waals surface area contributed by atoms with Crippen LogP contribution < -0.4 is 0 Å². The third-order valence-electron chi connectivity index (χ3n) is 5.90. The lowest BCUT2D eigenvalue weighted by Gasteiger charge is -2.41.